The first-order chi connectivity index (χ1) is 25.3. The third-order valence-corrected chi connectivity index (χ3v) is 9.37. The fourth-order valence-electron chi connectivity index (χ4n) is 6.57. The van der Waals surface area contributed by atoms with Gasteiger partial charge in [-0.3, -0.25) is 15.0 Å². The summed E-state index contributed by atoms with van der Waals surface area (Å²) >= 11 is 0. The predicted octanol–water partition coefficient (Wildman–Crippen LogP) is 5.36. The number of aliphatic hydroxyl groups excluding tert-OH is 1. The molecule has 0 spiro atoms. The largest absolute Gasteiger partial charge is 0.467 e. The second-order valence-corrected chi connectivity index (χ2v) is 12.9. The van der Waals surface area contributed by atoms with Crippen LogP contribution in [0.3, 0.4) is 0 Å². The van der Waals surface area contributed by atoms with Crippen LogP contribution in [0.1, 0.15) is 41.1 Å². The van der Waals surface area contributed by atoms with Gasteiger partial charge < -0.3 is 34.9 Å². The van der Waals surface area contributed by atoms with E-state index in [0.717, 1.165) is 54.1 Å². The average Bonchev–Trinajstić information content (AvgIpc) is 3.18. The number of nitrogens with zero attached hydrogens (tertiary/aromatic N) is 3. The van der Waals surface area contributed by atoms with E-state index in [1.165, 1.54) is 19.2 Å². The summed E-state index contributed by atoms with van der Waals surface area (Å²) in [5.41, 5.74) is 4.91. The van der Waals surface area contributed by atoms with Crippen LogP contribution < -0.4 is 15.5 Å². The minimum Gasteiger partial charge on any atom is -0.467 e. The molecule has 0 aliphatic carbocycles. The lowest BCUT2D eigenvalue weighted by molar-refractivity contribution is -0.384. The molecule has 2 aliphatic rings. The number of carbonyl (C=O) groups excluding carboxylic acids is 2. The lowest BCUT2D eigenvalue weighted by Gasteiger charge is -2.41. The van der Waals surface area contributed by atoms with Crippen LogP contribution in [0.2, 0.25) is 0 Å². The number of nitro groups is 1. The van der Waals surface area contributed by atoms with Crippen LogP contribution in [0.25, 0.3) is 0 Å². The third kappa shape index (κ3) is 9.50. The molecule has 4 aromatic carbocycles. The number of benzene rings is 4. The van der Waals surface area contributed by atoms with Gasteiger partial charge in [0, 0.05) is 74.6 Å². The van der Waals surface area contributed by atoms with Crippen molar-refractivity contribution in [1.82, 2.24) is 10.2 Å². The first-order valence-corrected chi connectivity index (χ1v) is 17.3. The Bertz CT molecular complexity index is 1800. The Morgan fingerprint density at radius 1 is 0.904 bits per heavy atom. The van der Waals surface area contributed by atoms with Gasteiger partial charge in [-0.25, -0.2) is 9.59 Å². The number of nitrogens with one attached hydrogen (secondary N) is 2. The maximum absolute atomic E-state index is 13.1. The van der Waals surface area contributed by atoms with Crippen molar-refractivity contribution in [3.05, 3.63) is 135 Å². The smallest absolute Gasteiger partial charge is 0.328 e. The first-order valence-electron chi connectivity index (χ1n) is 17.3. The SMILES string of the molecule is COC(=O)[C@H](Cc1ccccc1)NC(=O)Nc1cccc([C@H]2O[C@@H](CN3CCN(c4ccc([N+](=O)[O-])cc4)CC3)C[C@@H](c3ccc(CO)cc3)O2)c1. The van der Waals surface area contributed by atoms with E-state index in [9.17, 15) is 24.8 Å². The van der Waals surface area contributed by atoms with Gasteiger partial charge in [-0.2, -0.15) is 0 Å². The molecular formula is C39H43N5O8. The van der Waals surface area contributed by atoms with Crippen molar-refractivity contribution in [3.63, 3.8) is 0 Å². The molecule has 0 saturated carbocycles. The summed E-state index contributed by atoms with van der Waals surface area (Å²) in [6, 6.07) is 29.6. The molecule has 6 rings (SSSR count). The van der Waals surface area contributed by atoms with Crippen molar-refractivity contribution in [2.45, 2.75) is 44.0 Å². The van der Waals surface area contributed by atoms with Crippen molar-refractivity contribution < 1.29 is 33.8 Å². The number of esters is 1. The van der Waals surface area contributed by atoms with Crippen LogP contribution in [0, 0.1) is 10.1 Å². The van der Waals surface area contributed by atoms with E-state index in [2.05, 4.69) is 20.4 Å². The molecule has 0 aromatic heterocycles. The molecule has 2 saturated heterocycles. The number of ether oxygens (including phenoxy) is 3. The Hall–Kier alpha value is -5.34. The number of hydrogen-bond donors (Lipinski definition) is 3. The van der Waals surface area contributed by atoms with Crippen molar-refractivity contribution in [1.29, 1.82) is 0 Å². The van der Waals surface area contributed by atoms with Gasteiger partial charge in [0.05, 0.1) is 30.8 Å². The number of urea groups is 1. The van der Waals surface area contributed by atoms with Crippen LogP contribution in [-0.4, -0.2) is 78.9 Å². The van der Waals surface area contributed by atoms with Crippen LogP contribution in [0.5, 0.6) is 0 Å². The minimum atomic E-state index is -0.879. The summed E-state index contributed by atoms with van der Waals surface area (Å²) in [7, 11) is 1.29. The summed E-state index contributed by atoms with van der Waals surface area (Å²) in [6.07, 6.45) is -0.288. The summed E-state index contributed by atoms with van der Waals surface area (Å²) < 4.78 is 18.1. The van der Waals surface area contributed by atoms with Crippen LogP contribution in [0.15, 0.2) is 103 Å². The summed E-state index contributed by atoms with van der Waals surface area (Å²) in [5.74, 6) is -0.548. The van der Waals surface area contributed by atoms with E-state index in [0.29, 0.717) is 18.7 Å². The fourth-order valence-corrected chi connectivity index (χ4v) is 6.57. The molecule has 13 nitrogen and oxygen atoms in total. The lowest BCUT2D eigenvalue weighted by Crippen LogP contribution is -2.49. The Labute approximate surface area is 302 Å². The van der Waals surface area contributed by atoms with Crippen LogP contribution >= 0.6 is 0 Å². The van der Waals surface area contributed by atoms with E-state index in [1.54, 1.807) is 24.3 Å². The van der Waals surface area contributed by atoms with Gasteiger partial charge in [0.2, 0.25) is 0 Å². The van der Waals surface area contributed by atoms with E-state index < -0.39 is 29.3 Å². The number of carbonyl (C=O) groups is 2. The Balaban J connectivity index is 1.12. The molecule has 2 aliphatic heterocycles. The van der Waals surface area contributed by atoms with Gasteiger partial charge in [0.1, 0.15) is 6.04 Å². The topological polar surface area (TPSA) is 156 Å². The number of anilines is 2. The number of aliphatic hydroxyl groups is 1. The average molecular weight is 710 g/mol. The fraction of sp³-hybridized carbons (Fsp3) is 0.333. The number of non-ortho nitro benzene ring substituents is 1. The Morgan fingerprint density at radius 2 is 1.63 bits per heavy atom. The molecule has 2 fully saturated rings. The third-order valence-electron chi connectivity index (χ3n) is 9.37. The second-order valence-electron chi connectivity index (χ2n) is 12.9. The molecule has 4 atom stereocenters. The maximum Gasteiger partial charge on any atom is 0.328 e. The van der Waals surface area contributed by atoms with E-state index in [1.807, 2.05) is 66.7 Å². The van der Waals surface area contributed by atoms with Gasteiger partial charge in [-0.1, -0.05) is 66.7 Å². The van der Waals surface area contributed by atoms with Gasteiger partial charge in [-0.05, 0) is 41.0 Å². The normalized spacial score (nSPS) is 19.7. The number of hydrogen-bond acceptors (Lipinski definition) is 10. The molecule has 0 unspecified atom stereocenters. The zero-order valence-corrected chi connectivity index (χ0v) is 28.9. The summed E-state index contributed by atoms with van der Waals surface area (Å²) in [4.78, 5) is 40.9. The summed E-state index contributed by atoms with van der Waals surface area (Å²) in [5, 5.41) is 26.2. The number of amides is 2. The molecule has 52 heavy (non-hydrogen) atoms. The highest BCUT2D eigenvalue weighted by Gasteiger charge is 2.34. The molecule has 2 heterocycles. The Kier molecular flexibility index (Phi) is 12.1. The summed E-state index contributed by atoms with van der Waals surface area (Å²) in [6.45, 7) is 3.76. The molecule has 272 valence electrons. The highest BCUT2D eigenvalue weighted by molar-refractivity contribution is 5.92. The number of methoxy groups -OCH3 is 1. The van der Waals surface area contributed by atoms with Gasteiger partial charge in [0.15, 0.2) is 6.29 Å². The molecule has 13 heteroatoms. The molecule has 3 N–H and O–H groups in total. The van der Waals surface area contributed by atoms with Crippen molar-refractivity contribution in [2.24, 2.45) is 0 Å². The molecular weight excluding hydrogens is 666 g/mol. The predicted molar refractivity (Wildman–Crippen MR) is 195 cm³/mol. The van der Waals surface area contributed by atoms with Crippen LogP contribution in [-0.2, 0) is 32.0 Å². The van der Waals surface area contributed by atoms with Crippen LogP contribution in [0.4, 0.5) is 21.9 Å². The van der Waals surface area contributed by atoms with E-state index >= 15 is 0 Å². The zero-order chi connectivity index (χ0) is 36.5. The first kappa shape index (κ1) is 36.5. The lowest BCUT2D eigenvalue weighted by atomic mass is 9.99. The van der Waals surface area contributed by atoms with E-state index in [4.69, 9.17) is 14.2 Å². The number of nitro benzene ring substituents is 1. The molecule has 2 amide bonds. The van der Waals surface area contributed by atoms with Crippen molar-refractivity contribution in [3.8, 4) is 0 Å². The second kappa shape index (κ2) is 17.2. The molecule has 4 aromatic rings. The minimum absolute atomic E-state index is 0.0496. The number of rotatable bonds is 12. The van der Waals surface area contributed by atoms with Crippen molar-refractivity contribution in [2.75, 3.05) is 50.1 Å². The number of piperazine rings is 1. The van der Waals surface area contributed by atoms with Gasteiger partial charge >= 0.3 is 12.0 Å². The Morgan fingerprint density at radius 3 is 2.31 bits per heavy atom. The molecule has 0 bridgehead atoms. The van der Waals surface area contributed by atoms with E-state index in [-0.39, 0.29) is 30.9 Å². The maximum atomic E-state index is 13.1. The molecule has 0 radical (unpaired) electrons. The monoisotopic (exact) mass is 709 g/mol. The zero-order valence-electron chi connectivity index (χ0n) is 28.9. The highest BCUT2D eigenvalue weighted by atomic mass is 16.7. The van der Waals surface area contributed by atoms with Gasteiger partial charge in [-0.15, -0.1) is 0 Å². The quantitative estimate of drug-likeness (QED) is 0.0995. The standard InChI is InChI=1S/C39H43N5O8/c1-50-37(46)35(22-27-6-3-2-4-7-27)41-39(47)40-31-9-5-8-30(23-31)38-51-34(24-36(52-38)29-12-10-28(26-45)11-13-29)25-42-18-20-43(21-19-42)32-14-16-33(17-15-32)44(48)49/h2-17,23,34-36,38,45H,18-22,24-26H2,1H3,(H2,40,41,47)/t34-,35+,36+,38+/m1/s1. The van der Waals surface area contributed by atoms with Crippen molar-refractivity contribution >= 4 is 29.1 Å². The van der Waals surface area contributed by atoms with Gasteiger partial charge in [0.25, 0.3) is 5.69 Å². The highest BCUT2D eigenvalue weighted by Crippen LogP contribution is 2.39.